The van der Waals surface area contributed by atoms with Gasteiger partial charge >= 0.3 is 0 Å². The van der Waals surface area contributed by atoms with Gasteiger partial charge in [-0.15, -0.1) is 0 Å². The minimum atomic E-state index is 0.634. The lowest BCUT2D eigenvalue weighted by Crippen LogP contribution is -2.06. The van der Waals surface area contributed by atoms with Crippen molar-refractivity contribution in [2.24, 2.45) is 0 Å². The number of hydrogen-bond acceptors (Lipinski definition) is 4. The van der Waals surface area contributed by atoms with Gasteiger partial charge in [0, 0.05) is 24.5 Å². The van der Waals surface area contributed by atoms with Gasteiger partial charge in [0.1, 0.15) is 6.33 Å². The molecule has 0 aromatic carbocycles. The van der Waals surface area contributed by atoms with E-state index >= 15 is 0 Å². The molecule has 5 heteroatoms. The zero-order chi connectivity index (χ0) is 8.39. The van der Waals surface area contributed by atoms with Crippen molar-refractivity contribution < 1.29 is 0 Å². The summed E-state index contributed by atoms with van der Waals surface area (Å²) in [6, 6.07) is 0. The first-order chi connectivity index (χ1) is 5.90. The third-order valence-corrected chi connectivity index (χ3v) is 1.57. The number of rotatable bonds is 2. The van der Waals surface area contributed by atoms with Gasteiger partial charge in [-0.25, -0.2) is 9.50 Å². The van der Waals surface area contributed by atoms with Crippen LogP contribution in [0.3, 0.4) is 0 Å². The molecule has 12 heavy (non-hydrogen) atoms. The summed E-state index contributed by atoms with van der Waals surface area (Å²) in [5, 5.41) is 7.02. The first-order valence-electron chi connectivity index (χ1n) is 3.69. The van der Waals surface area contributed by atoms with Gasteiger partial charge < -0.3 is 5.32 Å². The summed E-state index contributed by atoms with van der Waals surface area (Å²) >= 11 is 0. The van der Waals surface area contributed by atoms with E-state index in [4.69, 9.17) is 0 Å². The topological polar surface area (TPSA) is 55.1 Å². The number of aromatic nitrogens is 4. The summed E-state index contributed by atoms with van der Waals surface area (Å²) in [6.07, 6.45) is 5.19. The van der Waals surface area contributed by atoms with Crippen LogP contribution in [-0.2, 0) is 6.54 Å². The number of fused-ring (bicyclic) bond motifs is 1. The molecule has 0 unspecified atom stereocenters. The first-order valence-corrected chi connectivity index (χ1v) is 3.69. The van der Waals surface area contributed by atoms with E-state index < -0.39 is 0 Å². The molecule has 1 N–H and O–H groups in total. The Balaban J connectivity index is 2.46. The molecule has 0 atom stereocenters. The molecule has 5 nitrogen and oxygen atoms in total. The molecule has 2 heterocycles. The van der Waals surface area contributed by atoms with Crippen LogP contribution in [0.5, 0.6) is 0 Å². The van der Waals surface area contributed by atoms with Gasteiger partial charge in [-0.3, -0.25) is 0 Å². The minimum absolute atomic E-state index is 0.634. The average molecular weight is 163 g/mol. The summed E-state index contributed by atoms with van der Waals surface area (Å²) in [4.78, 5) is 8.05. The molecule has 0 fully saturated rings. The van der Waals surface area contributed by atoms with E-state index in [0.29, 0.717) is 5.78 Å². The maximum Gasteiger partial charge on any atom is 0.252 e. The number of nitrogens with one attached hydrogen (secondary N) is 1. The summed E-state index contributed by atoms with van der Waals surface area (Å²) in [5.74, 6) is 0.634. The van der Waals surface area contributed by atoms with E-state index in [9.17, 15) is 0 Å². The second kappa shape index (κ2) is 2.86. The smallest absolute Gasteiger partial charge is 0.252 e. The summed E-state index contributed by atoms with van der Waals surface area (Å²) in [6.45, 7) is 0.794. The van der Waals surface area contributed by atoms with Gasteiger partial charge in [-0.2, -0.15) is 10.1 Å². The molecule has 0 aliphatic carbocycles. The van der Waals surface area contributed by atoms with Crippen LogP contribution in [0.4, 0.5) is 0 Å². The molecule has 0 bridgehead atoms. The van der Waals surface area contributed by atoms with Crippen LogP contribution in [-0.4, -0.2) is 26.6 Å². The third-order valence-electron chi connectivity index (χ3n) is 1.57. The molecule has 0 radical (unpaired) electrons. The first kappa shape index (κ1) is 7.17. The molecule has 2 aromatic rings. The van der Waals surface area contributed by atoms with Crippen LogP contribution >= 0.6 is 0 Å². The number of nitrogens with zero attached hydrogens (tertiary/aromatic N) is 4. The molecule has 0 aliphatic heterocycles. The zero-order valence-electron chi connectivity index (χ0n) is 6.73. The van der Waals surface area contributed by atoms with Crippen LogP contribution in [0, 0.1) is 0 Å². The van der Waals surface area contributed by atoms with E-state index in [1.54, 1.807) is 10.7 Å². The highest BCUT2D eigenvalue weighted by molar-refractivity contribution is 5.25. The van der Waals surface area contributed by atoms with Crippen molar-refractivity contribution in [3.63, 3.8) is 0 Å². The Bertz CT molecular complexity index is 380. The van der Waals surface area contributed by atoms with E-state index in [-0.39, 0.29) is 0 Å². The highest BCUT2D eigenvalue weighted by Gasteiger charge is 1.96. The average Bonchev–Trinajstić information content (AvgIpc) is 2.51. The van der Waals surface area contributed by atoms with Crippen LogP contribution in [0.2, 0.25) is 0 Å². The SMILES string of the molecule is CNCc1cnc2ncnn2c1. The third kappa shape index (κ3) is 1.14. The van der Waals surface area contributed by atoms with E-state index in [2.05, 4.69) is 20.4 Å². The highest BCUT2D eigenvalue weighted by atomic mass is 15.3. The lowest BCUT2D eigenvalue weighted by atomic mass is 10.3. The van der Waals surface area contributed by atoms with E-state index in [1.807, 2.05) is 13.2 Å². The molecule has 62 valence electrons. The fourth-order valence-electron chi connectivity index (χ4n) is 1.05. The maximum atomic E-state index is 4.11. The predicted molar refractivity (Wildman–Crippen MR) is 43.5 cm³/mol. The van der Waals surface area contributed by atoms with Gasteiger partial charge in [0.25, 0.3) is 5.78 Å². The largest absolute Gasteiger partial charge is 0.316 e. The summed E-state index contributed by atoms with van der Waals surface area (Å²) < 4.78 is 1.66. The van der Waals surface area contributed by atoms with Crippen molar-refractivity contribution in [3.05, 3.63) is 24.3 Å². The Kier molecular flexibility index (Phi) is 1.71. The highest BCUT2D eigenvalue weighted by Crippen LogP contribution is 1.97. The van der Waals surface area contributed by atoms with Gasteiger partial charge in [-0.05, 0) is 7.05 Å². The zero-order valence-corrected chi connectivity index (χ0v) is 6.73. The van der Waals surface area contributed by atoms with Crippen LogP contribution < -0.4 is 5.32 Å². The lowest BCUT2D eigenvalue weighted by Gasteiger charge is -1.98. The summed E-state index contributed by atoms with van der Waals surface area (Å²) in [7, 11) is 1.89. The van der Waals surface area contributed by atoms with Gasteiger partial charge in [0.2, 0.25) is 0 Å². The molecular formula is C7H9N5. The second-order valence-corrected chi connectivity index (χ2v) is 2.50. The molecule has 2 rings (SSSR count). The standard InChI is InChI=1S/C7H9N5/c1-8-2-6-3-9-7-10-5-11-12(7)4-6/h3-5,8H,2H2,1H3. The quantitative estimate of drug-likeness (QED) is 0.668. The van der Waals surface area contributed by atoms with Crippen LogP contribution in [0.1, 0.15) is 5.56 Å². The van der Waals surface area contributed by atoms with E-state index in [0.717, 1.165) is 12.1 Å². The van der Waals surface area contributed by atoms with Crippen molar-refractivity contribution in [1.82, 2.24) is 24.9 Å². The lowest BCUT2D eigenvalue weighted by molar-refractivity contribution is 0.794. The molecule has 0 saturated carbocycles. The minimum Gasteiger partial charge on any atom is -0.316 e. The molecule has 0 saturated heterocycles. The van der Waals surface area contributed by atoms with Gasteiger partial charge in [0.05, 0.1) is 0 Å². The molecular weight excluding hydrogens is 154 g/mol. The molecule has 0 amide bonds. The fourth-order valence-corrected chi connectivity index (χ4v) is 1.05. The van der Waals surface area contributed by atoms with Crippen molar-refractivity contribution in [1.29, 1.82) is 0 Å². The maximum absolute atomic E-state index is 4.11. The predicted octanol–water partition coefficient (Wildman–Crippen LogP) is -0.156. The summed E-state index contributed by atoms with van der Waals surface area (Å²) in [5.41, 5.74) is 1.09. The Morgan fingerprint density at radius 1 is 1.50 bits per heavy atom. The van der Waals surface area contributed by atoms with Crippen LogP contribution in [0.15, 0.2) is 18.7 Å². The van der Waals surface area contributed by atoms with Crippen molar-refractivity contribution >= 4 is 5.78 Å². The van der Waals surface area contributed by atoms with Crippen molar-refractivity contribution in [3.8, 4) is 0 Å². The Morgan fingerprint density at radius 3 is 3.25 bits per heavy atom. The molecule has 0 aliphatic rings. The van der Waals surface area contributed by atoms with Gasteiger partial charge in [0.15, 0.2) is 0 Å². The van der Waals surface area contributed by atoms with Crippen molar-refractivity contribution in [2.75, 3.05) is 7.05 Å². The number of hydrogen-bond donors (Lipinski definition) is 1. The van der Waals surface area contributed by atoms with E-state index in [1.165, 1.54) is 6.33 Å². The Morgan fingerprint density at radius 2 is 2.42 bits per heavy atom. The van der Waals surface area contributed by atoms with Gasteiger partial charge in [-0.1, -0.05) is 0 Å². The molecule has 2 aromatic heterocycles. The Hall–Kier alpha value is -1.49. The normalized spacial score (nSPS) is 10.8. The Labute approximate surface area is 69.5 Å². The fraction of sp³-hybridized carbons (Fsp3) is 0.286. The molecule has 0 spiro atoms. The second-order valence-electron chi connectivity index (χ2n) is 2.50. The van der Waals surface area contributed by atoms with Crippen molar-refractivity contribution in [2.45, 2.75) is 6.54 Å². The van der Waals surface area contributed by atoms with Crippen LogP contribution in [0.25, 0.3) is 5.78 Å². The monoisotopic (exact) mass is 163 g/mol.